The zero-order chi connectivity index (χ0) is 9.14. The highest BCUT2D eigenvalue weighted by molar-refractivity contribution is 6.39. The third kappa shape index (κ3) is 1.68. The average Bonchev–Trinajstić information content (AvgIpc) is 2.03. The van der Waals surface area contributed by atoms with E-state index in [1.165, 1.54) is 12.1 Å². The number of amides is 1. The van der Waals surface area contributed by atoms with Gasteiger partial charge in [-0.05, 0) is 12.1 Å². The van der Waals surface area contributed by atoms with E-state index in [0.717, 1.165) is 5.54 Å². The van der Waals surface area contributed by atoms with Crippen LogP contribution in [0.15, 0.2) is 18.2 Å². The smallest absolute Gasteiger partial charge is 0.267 e. The average molecular weight is 208 g/mol. The van der Waals surface area contributed by atoms with E-state index in [0.29, 0.717) is 0 Å². The van der Waals surface area contributed by atoms with Crippen LogP contribution in [0.3, 0.4) is 0 Å². The van der Waals surface area contributed by atoms with Gasteiger partial charge in [0, 0.05) is 0 Å². The summed E-state index contributed by atoms with van der Waals surface area (Å²) in [6, 6.07) is 4.48. The molecule has 0 spiro atoms. The van der Waals surface area contributed by atoms with Gasteiger partial charge in [-0.25, -0.2) is 0 Å². The molecule has 12 heavy (non-hydrogen) atoms. The van der Waals surface area contributed by atoms with Crippen LogP contribution < -0.4 is 5.54 Å². The molecule has 64 valence electrons. The van der Waals surface area contributed by atoms with Crippen LogP contribution in [0.25, 0.3) is 0 Å². The second-order valence-corrected chi connectivity index (χ2v) is 2.83. The van der Waals surface area contributed by atoms with Gasteiger partial charge in [0.05, 0.1) is 15.6 Å². The maximum atomic E-state index is 11.7. The molecule has 0 fully saturated rings. The third-order valence-electron chi connectivity index (χ3n) is 1.28. The number of halogens is 3. The summed E-state index contributed by atoms with van der Waals surface area (Å²) in [6.45, 7) is 0. The third-order valence-corrected chi connectivity index (χ3v) is 1.91. The van der Waals surface area contributed by atoms with Crippen molar-refractivity contribution >= 4 is 29.1 Å². The van der Waals surface area contributed by atoms with E-state index >= 15 is 0 Å². The SMILES string of the molecule is O=C(NF)c1c(Cl)cccc1Cl. The number of nitrogens with one attached hydrogen (secondary N) is 1. The van der Waals surface area contributed by atoms with E-state index < -0.39 is 5.91 Å². The van der Waals surface area contributed by atoms with Crippen LogP contribution in [0.5, 0.6) is 0 Å². The van der Waals surface area contributed by atoms with Crippen molar-refractivity contribution in [1.82, 2.24) is 5.54 Å². The van der Waals surface area contributed by atoms with E-state index in [2.05, 4.69) is 0 Å². The molecule has 0 atom stereocenters. The number of benzene rings is 1. The van der Waals surface area contributed by atoms with Gasteiger partial charge >= 0.3 is 0 Å². The van der Waals surface area contributed by atoms with Crippen LogP contribution in [-0.4, -0.2) is 5.91 Å². The second-order valence-electron chi connectivity index (χ2n) is 2.02. The van der Waals surface area contributed by atoms with Gasteiger partial charge in [-0.1, -0.05) is 33.7 Å². The molecule has 0 unspecified atom stereocenters. The lowest BCUT2D eigenvalue weighted by Crippen LogP contribution is -2.14. The first kappa shape index (κ1) is 9.29. The van der Waals surface area contributed by atoms with Crippen molar-refractivity contribution in [2.45, 2.75) is 0 Å². The first-order valence-electron chi connectivity index (χ1n) is 3.02. The Kier molecular flexibility index (Phi) is 2.89. The molecular formula is C7H4Cl2FNO. The molecule has 0 heterocycles. The Labute approximate surface area is 78.2 Å². The van der Waals surface area contributed by atoms with Gasteiger partial charge in [-0.3, -0.25) is 4.79 Å². The van der Waals surface area contributed by atoms with E-state index in [1.54, 1.807) is 6.07 Å². The molecule has 0 aromatic heterocycles. The fourth-order valence-electron chi connectivity index (χ4n) is 0.762. The van der Waals surface area contributed by atoms with Crippen molar-refractivity contribution < 1.29 is 9.28 Å². The van der Waals surface area contributed by atoms with E-state index in [4.69, 9.17) is 23.2 Å². The zero-order valence-electron chi connectivity index (χ0n) is 5.77. The summed E-state index contributed by atoms with van der Waals surface area (Å²) in [4.78, 5) is 10.8. The van der Waals surface area contributed by atoms with Crippen LogP contribution in [-0.2, 0) is 0 Å². The van der Waals surface area contributed by atoms with Crippen LogP contribution in [0.2, 0.25) is 10.0 Å². The van der Waals surface area contributed by atoms with Crippen LogP contribution in [0, 0.1) is 0 Å². The Hall–Kier alpha value is -0.800. The minimum atomic E-state index is -0.939. The maximum Gasteiger partial charge on any atom is 0.281 e. The quantitative estimate of drug-likeness (QED) is 0.706. The molecule has 0 bridgehead atoms. The predicted octanol–water partition coefficient (Wildman–Crippen LogP) is 2.61. The number of carbonyl (C=O) groups is 1. The molecule has 1 aromatic carbocycles. The molecule has 0 aliphatic heterocycles. The number of hydrogen-bond donors (Lipinski definition) is 1. The fraction of sp³-hybridized carbons (Fsp3) is 0. The molecule has 2 nitrogen and oxygen atoms in total. The Balaban J connectivity index is 3.21. The molecule has 0 radical (unpaired) electrons. The highest BCUT2D eigenvalue weighted by Crippen LogP contribution is 2.23. The predicted molar refractivity (Wildman–Crippen MR) is 45.0 cm³/mol. The molecule has 5 heteroatoms. The van der Waals surface area contributed by atoms with E-state index in [1.807, 2.05) is 0 Å². The number of carbonyl (C=O) groups excluding carboxylic acids is 1. The highest BCUT2D eigenvalue weighted by atomic mass is 35.5. The van der Waals surface area contributed by atoms with Gasteiger partial charge in [-0.15, -0.1) is 0 Å². The van der Waals surface area contributed by atoms with Gasteiger partial charge in [-0.2, -0.15) is 5.54 Å². The summed E-state index contributed by atoms with van der Waals surface area (Å²) in [5.41, 5.74) is 0.903. The molecule has 1 rings (SSSR count). The largest absolute Gasteiger partial charge is 0.281 e. The normalized spacial score (nSPS) is 9.58. The molecule has 0 saturated carbocycles. The lowest BCUT2D eigenvalue weighted by atomic mass is 10.2. The highest BCUT2D eigenvalue weighted by Gasteiger charge is 2.13. The van der Waals surface area contributed by atoms with E-state index in [9.17, 15) is 9.28 Å². The monoisotopic (exact) mass is 207 g/mol. The van der Waals surface area contributed by atoms with Crippen molar-refractivity contribution in [3.63, 3.8) is 0 Å². The van der Waals surface area contributed by atoms with Crippen molar-refractivity contribution in [2.75, 3.05) is 0 Å². The topological polar surface area (TPSA) is 29.1 Å². The molecule has 0 aliphatic rings. The standard InChI is InChI=1S/C7H4Cl2FNO/c8-4-2-1-3-5(9)6(4)7(12)11-10/h1-3H,(H,11,12). The molecule has 0 saturated heterocycles. The van der Waals surface area contributed by atoms with Gasteiger partial charge < -0.3 is 0 Å². The Bertz CT molecular complexity index is 296. The number of rotatable bonds is 1. The van der Waals surface area contributed by atoms with Crippen LogP contribution in [0.4, 0.5) is 4.48 Å². The van der Waals surface area contributed by atoms with Crippen molar-refractivity contribution in [2.24, 2.45) is 0 Å². The first-order chi connectivity index (χ1) is 5.66. The Morgan fingerprint density at radius 2 is 1.83 bits per heavy atom. The summed E-state index contributed by atoms with van der Waals surface area (Å²) in [7, 11) is 0. The van der Waals surface area contributed by atoms with Gasteiger partial charge in [0.15, 0.2) is 0 Å². The zero-order valence-corrected chi connectivity index (χ0v) is 7.29. The summed E-state index contributed by atoms with van der Waals surface area (Å²) < 4.78 is 11.7. The Morgan fingerprint density at radius 3 is 2.25 bits per heavy atom. The van der Waals surface area contributed by atoms with Crippen LogP contribution in [0.1, 0.15) is 10.4 Å². The molecule has 1 N–H and O–H groups in total. The van der Waals surface area contributed by atoms with Crippen molar-refractivity contribution in [1.29, 1.82) is 0 Å². The maximum absolute atomic E-state index is 11.7. The lowest BCUT2D eigenvalue weighted by Gasteiger charge is -2.01. The molecule has 1 amide bonds. The van der Waals surface area contributed by atoms with Gasteiger partial charge in [0.1, 0.15) is 0 Å². The van der Waals surface area contributed by atoms with E-state index in [-0.39, 0.29) is 15.6 Å². The summed E-state index contributed by atoms with van der Waals surface area (Å²) in [5.74, 6) is -0.939. The fourth-order valence-corrected chi connectivity index (χ4v) is 1.33. The minimum absolute atomic E-state index is 0.0525. The van der Waals surface area contributed by atoms with Gasteiger partial charge in [0.2, 0.25) is 0 Å². The molecule has 0 aliphatic carbocycles. The molecular weight excluding hydrogens is 204 g/mol. The first-order valence-corrected chi connectivity index (χ1v) is 3.77. The van der Waals surface area contributed by atoms with Crippen molar-refractivity contribution in [3.8, 4) is 0 Å². The van der Waals surface area contributed by atoms with Crippen molar-refractivity contribution in [3.05, 3.63) is 33.8 Å². The number of hydrogen-bond acceptors (Lipinski definition) is 1. The Morgan fingerprint density at radius 1 is 1.33 bits per heavy atom. The summed E-state index contributed by atoms with van der Waals surface area (Å²) in [5, 5.41) is 0.246. The summed E-state index contributed by atoms with van der Waals surface area (Å²) in [6.07, 6.45) is 0. The van der Waals surface area contributed by atoms with Gasteiger partial charge in [0.25, 0.3) is 5.91 Å². The summed E-state index contributed by atoms with van der Waals surface area (Å²) >= 11 is 11.2. The lowest BCUT2D eigenvalue weighted by molar-refractivity contribution is 0.0860. The van der Waals surface area contributed by atoms with Crippen LogP contribution >= 0.6 is 23.2 Å². The second kappa shape index (κ2) is 3.74. The minimum Gasteiger partial charge on any atom is -0.267 e. The molecule has 1 aromatic rings.